The van der Waals surface area contributed by atoms with Crippen LogP contribution >= 0.6 is 0 Å². The van der Waals surface area contributed by atoms with E-state index < -0.39 is 0 Å². The molecule has 0 radical (unpaired) electrons. The summed E-state index contributed by atoms with van der Waals surface area (Å²) < 4.78 is 5.60. The minimum absolute atomic E-state index is 0.0129. The van der Waals surface area contributed by atoms with Crippen LogP contribution in [0.5, 0.6) is 0 Å². The molecule has 1 spiro atoms. The fourth-order valence-electron chi connectivity index (χ4n) is 3.64. The zero-order chi connectivity index (χ0) is 11.6. The van der Waals surface area contributed by atoms with Crippen molar-refractivity contribution in [1.82, 2.24) is 0 Å². The molecule has 0 bridgehead atoms. The van der Waals surface area contributed by atoms with Gasteiger partial charge >= 0.3 is 0 Å². The van der Waals surface area contributed by atoms with Gasteiger partial charge in [0, 0.05) is 11.5 Å². The number of carbonyl (C=O) groups is 2. The fraction of sp³-hybridized carbons (Fsp3) is 0.429. The summed E-state index contributed by atoms with van der Waals surface area (Å²) in [5, 5.41) is 0. The van der Waals surface area contributed by atoms with Crippen LogP contribution in [0.4, 0.5) is 0 Å². The average Bonchev–Trinajstić information content (AvgIpc) is 2.27. The Kier molecular flexibility index (Phi) is 1.60. The summed E-state index contributed by atoms with van der Waals surface area (Å²) in [6, 6.07) is 9.30. The van der Waals surface area contributed by atoms with Crippen LogP contribution in [0.15, 0.2) is 30.3 Å². The van der Waals surface area contributed by atoms with Gasteiger partial charge in [0.05, 0.1) is 24.0 Å². The third kappa shape index (κ3) is 0.892. The molecule has 1 aromatic carbocycles. The number of carbonyl (C=O) groups excluding carboxylic acids is 2. The molecule has 1 aromatic rings. The van der Waals surface area contributed by atoms with Gasteiger partial charge in [0.2, 0.25) is 0 Å². The van der Waals surface area contributed by atoms with Gasteiger partial charge in [-0.05, 0) is 6.42 Å². The topological polar surface area (TPSA) is 43.4 Å². The second-order valence-corrected chi connectivity index (χ2v) is 5.19. The predicted octanol–water partition coefficient (Wildman–Crippen LogP) is 1.47. The number of ether oxygens (including phenoxy) is 1. The zero-order valence-electron chi connectivity index (χ0n) is 9.26. The van der Waals surface area contributed by atoms with Crippen LogP contribution in [-0.2, 0) is 9.53 Å². The number of ketones is 2. The molecule has 3 aliphatic rings. The van der Waals surface area contributed by atoms with Gasteiger partial charge in [-0.2, -0.15) is 0 Å². The maximum Gasteiger partial charge on any atom is 0.168 e. The molecule has 3 fully saturated rings. The van der Waals surface area contributed by atoms with Crippen LogP contribution in [0, 0.1) is 17.8 Å². The molecule has 86 valence electrons. The Morgan fingerprint density at radius 2 is 2.00 bits per heavy atom. The predicted molar refractivity (Wildman–Crippen MR) is 59.5 cm³/mol. The quantitative estimate of drug-likeness (QED) is 0.720. The monoisotopic (exact) mass is 228 g/mol. The number of benzene rings is 1. The Hall–Kier alpha value is -1.48. The van der Waals surface area contributed by atoms with Crippen molar-refractivity contribution in [1.29, 1.82) is 0 Å². The van der Waals surface area contributed by atoms with E-state index in [1.165, 1.54) is 0 Å². The highest BCUT2D eigenvalue weighted by Crippen LogP contribution is 2.66. The zero-order valence-corrected chi connectivity index (χ0v) is 9.26. The van der Waals surface area contributed by atoms with Crippen molar-refractivity contribution in [2.24, 2.45) is 17.8 Å². The molecule has 1 heterocycles. The lowest BCUT2D eigenvalue weighted by atomic mass is 9.40. The molecule has 3 heteroatoms. The first-order valence-corrected chi connectivity index (χ1v) is 6.02. The Bertz CT molecular complexity index is 512. The summed E-state index contributed by atoms with van der Waals surface area (Å²) in [6.45, 7) is 0.522. The second kappa shape index (κ2) is 2.85. The molecule has 3 nitrogen and oxygen atoms in total. The number of Topliss-reactive ketones (excluding diaryl/α,β-unsaturated/α-hetero) is 2. The van der Waals surface area contributed by atoms with Crippen molar-refractivity contribution < 1.29 is 14.3 Å². The molecule has 0 amide bonds. The van der Waals surface area contributed by atoms with E-state index in [1.807, 2.05) is 30.3 Å². The Morgan fingerprint density at radius 3 is 2.59 bits per heavy atom. The molecule has 0 aromatic heterocycles. The van der Waals surface area contributed by atoms with E-state index in [0.717, 1.165) is 5.56 Å². The van der Waals surface area contributed by atoms with Crippen LogP contribution in [0.2, 0.25) is 0 Å². The molecule has 1 saturated heterocycles. The van der Waals surface area contributed by atoms with Crippen LogP contribution in [0.1, 0.15) is 16.8 Å². The molecule has 4 rings (SSSR count). The molecule has 2 aliphatic carbocycles. The highest BCUT2D eigenvalue weighted by atomic mass is 16.5. The smallest absolute Gasteiger partial charge is 0.168 e. The van der Waals surface area contributed by atoms with Crippen LogP contribution in [0.3, 0.4) is 0 Å². The first-order valence-electron chi connectivity index (χ1n) is 6.02. The number of hydrogen-bond donors (Lipinski definition) is 0. The SMILES string of the molecule is O=C(c1ccccc1)C1CC2C(=O)C3COC132. The van der Waals surface area contributed by atoms with E-state index in [4.69, 9.17) is 4.74 Å². The van der Waals surface area contributed by atoms with E-state index in [2.05, 4.69) is 0 Å². The minimum atomic E-state index is -0.385. The van der Waals surface area contributed by atoms with Crippen LogP contribution in [0.25, 0.3) is 0 Å². The first-order chi connectivity index (χ1) is 8.25. The molecular weight excluding hydrogens is 216 g/mol. The molecule has 4 atom stereocenters. The third-order valence-corrected chi connectivity index (χ3v) is 4.67. The van der Waals surface area contributed by atoms with E-state index in [-0.39, 0.29) is 29.1 Å². The minimum Gasteiger partial charge on any atom is -0.372 e. The highest BCUT2D eigenvalue weighted by Gasteiger charge is 2.79. The third-order valence-electron chi connectivity index (χ3n) is 4.67. The van der Waals surface area contributed by atoms with E-state index in [9.17, 15) is 9.59 Å². The van der Waals surface area contributed by atoms with Gasteiger partial charge in [0.1, 0.15) is 5.78 Å². The van der Waals surface area contributed by atoms with Gasteiger partial charge in [-0.25, -0.2) is 0 Å². The van der Waals surface area contributed by atoms with Crippen molar-refractivity contribution in [3.05, 3.63) is 35.9 Å². The standard InChI is InChI=1S/C14H12O3/c15-12(8-4-2-1-3-5-8)9-6-10-13(16)11-7-17-14(9,10)11/h1-5,9-11H,6-7H2. The summed E-state index contributed by atoms with van der Waals surface area (Å²) in [4.78, 5) is 23.9. The molecule has 17 heavy (non-hydrogen) atoms. The fourth-order valence-corrected chi connectivity index (χ4v) is 3.64. The largest absolute Gasteiger partial charge is 0.372 e. The van der Waals surface area contributed by atoms with E-state index >= 15 is 0 Å². The molecular formula is C14H12O3. The summed E-state index contributed by atoms with van der Waals surface area (Å²) >= 11 is 0. The highest BCUT2D eigenvalue weighted by molar-refractivity contribution is 6.06. The van der Waals surface area contributed by atoms with Crippen molar-refractivity contribution in [3.63, 3.8) is 0 Å². The van der Waals surface area contributed by atoms with Gasteiger partial charge in [-0.1, -0.05) is 30.3 Å². The van der Waals surface area contributed by atoms with E-state index in [1.54, 1.807) is 0 Å². The lowest BCUT2D eigenvalue weighted by Crippen LogP contribution is -2.84. The maximum absolute atomic E-state index is 12.3. The molecule has 2 saturated carbocycles. The summed E-state index contributed by atoms with van der Waals surface area (Å²) in [6.07, 6.45) is 0.684. The van der Waals surface area contributed by atoms with Gasteiger partial charge in [0.25, 0.3) is 0 Å². The van der Waals surface area contributed by atoms with Gasteiger partial charge in [-0.15, -0.1) is 0 Å². The van der Waals surface area contributed by atoms with Crippen molar-refractivity contribution in [2.45, 2.75) is 12.0 Å². The number of hydrogen-bond acceptors (Lipinski definition) is 3. The van der Waals surface area contributed by atoms with Gasteiger partial charge < -0.3 is 4.74 Å². The van der Waals surface area contributed by atoms with Crippen LogP contribution in [-0.4, -0.2) is 23.8 Å². The summed E-state index contributed by atoms with van der Waals surface area (Å²) in [7, 11) is 0. The van der Waals surface area contributed by atoms with Crippen molar-refractivity contribution in [3.8, 4) is 0 Å². The average molecular weight is 228 g/mol. The lowest BCUT2D eigenvalue weighted by molar-refractivity contribution is -0.324. The molecule has 4 unspecified atom stereocenters. The van der Waals surface area contributed by atoms with E-state index in [0.29, 0.717) is 18.8 Å². The maximum atomic E-state index is 12.3. The Morgan fingerprint density at radius 1 is 1.24 bits per heavy atom. The molecule has 1 aliphatic heterocycles. The van der Waals surface area contributed by atoms with Crippen LogP contribution < -0.4 is 0 Å². The normalized spacial score (nSPS) is 41.4. The van der Waals surface area contributed by atoms with Gasteiger partial charge in [-0.3, -0.25) is 9.59 Å². The van der Waals surface area contributed by atoms with Crippen molar-refractivity contribution >= 4 is 11.6 Å². The lowest BCUT2D eigenvalue weighted by Gasteiger charge is -2.71. The van der Waals surface area contributed by atoms with Crippen molar-refractivity contribution in [2.75, 3.05) is 6.61 Å². The number of rotatable bonds is 2. The Labute approximate surface area is 98.8 Å². The Balaban J connectivity index is 1.63. The summed E-state index contributed by atoms with van der Waals surface area (Å²) in [5.74, 6) is 0.386. The summed E-state index contributed by atoms with van der Waals surface area (Å²) in [5.41, 5.74) is 0.350. The van der Waals surface area contributed by atoms with Gasteiger partial charge in [0.15, 0.2) is 5.78 Å². The molecule has 0 N–H and O–H groups in total. The first kappa shape index (κ1) is 9.54. The second-order valence-electron chi connectivity index (χ2n) is 5.19.